The molecule has 132 valence electrons. The Kier molecular flexibility index (Phi) is 7.04. The van der Waals surface area contributed by atoms with Crippen LogP contribution < -0.4 is 0 Å². The third-order valence-corrected chi connectivity index (χ3v) is 7.08. The third kappa shape index (κ3) is 3.81. The highest BCUT2D eigenvalue weighted by Crippen LogP contribution is 2.38. The van der Waals surface area contributed by atoms with E-state index in [1.54, 1.807) is 12.1 Å². The van der Waals surface area contributed by atoms with Gasteiger partial charge in [0.15, 0.2) is 14.9 Å². The van der Waals surface area contributed by atoms with E-state index in [4.69, 9.17) is 0 Å². The summed E-state index contributed by atoms with van der Waals surface area (Å²) >= 11 is 0. The zero-order valence-electron chi connectivity index (χ0n) is 14.2. The average molecular weight is 370 g/mol. The lowest BCUT2D eigenvalue weighted by Gasteiger charge is -2.09. The maximum absolute atomic E-state index is 12.5. The Bertz CT molecular complexity index is 864. The van der Waals surface area contributed by atoms with Gasteiger partial charge in [-0.2, -0.15) is 0 Å². The fourth-order valence-electron chi connectivity index (χ4n) is 2.17. The number of aromatic nitrogens is 2. The number of sulfone groups is 2. The Balaban J connectivity index is 0.000000671. The number of fused-ring (bicyclic) bond motifs is 1. The minimum atomic E-state index is -3.88. The van der Waals surface area contributed by atoms with E-state index in [1.807, 2.05) is 27.7 Å². The zero-order valence-corrected chi connectivity index (χ0v) is 15.8. The summed E-state index contributed by atoms with van der Waals surface area (Å²) in [4.78, 5) is 7.74. The number of rotatable bonds is 2. The highest BCUT2D eigenvalue weighted by atomic mass is 32.2. The molecule has 24 heavy (non-hydrogen) atoms. The van der Waals surface area contributed by atoms with Crippen molar-refractivity contribution >= 4 is 19.7 Å². The molecule has 0 aliphatic carbocycles. The van der Waals surface area contributed by atoms with Crippen molar-refractivity contribution in [2.24, 2.45) is 0 Å². The Hall–Kier alpha value is -1.80. The zero-order chi connectivity index (χ0) is 18.4. The van der Waals surface area contributed by atoms with Gasteiger partial charge in [0.2, 0.25) is 9.84 Å². The summed E-state index contributed by atoms with van der Waals surface area (Å²) in [7, 11) is -7.49. The van der Waals surface area contributed by atoms with E-state index in [-0.39, 0.29) is 15.6 Å². The predicted octanol–water partition coefficient (Wildman–Crippen LogP) is 2.83. The lowest BCUT2D eigenvalue weighted by atomic mass is 10.3. The summed E-state index contributed by atoms with van der Waals surface area (Å²) in [5.41, 5.74) is 0.0816. The Morgan fingerprint density at radius 1 is 0.958 bits per heavy atom. The van der Waals surface area contributed by atoms with Crippen LogP contribution in [0.5, 0.6) is 0 Å². The van der Waals surface area contributed by atoms with Gasteiger partial charge in [-0.25, -0.2) is 21.8 Å². The third-order valence-electron chi connectivity index (χ3n) is 3.11. The van der Waals surface area contributed by atoms with Gasteiger partial charge in [-0.3, -0.25) is 4.98 Å². The highest BCUT2D eigenvalue weighted by Gasteiger charge is 2.44. The first kappa shape index (κ1) is 20.2. The molecule has 1 unspecified atom stereocenters. The second kappa shape index (κ2) is 8.34. The topological polar surface area (TPSA) is 94.1 Å². The molecule has 6 nitrogen and oxygen atoms in total. The number of nitrogens with zero attached hydrogens (tertiary/aromatic N) is 2. The molecule has 0 aromatic carbocycles. The first-order chi connectivity index (χ1) is 11.4. The molecule has 0 fully saturated rings. The smallest absolute Gasteiger partial charge is 0.205 e. The Morgan fingerprint density at radius 3 is 2.17 bits per heavy atom. The van der Waals surface area contributed by atoms with E-state index < -0.39 is 30.7 Å². The van der Waals surface area contributed by atoms with Crippen LogP contribution in [0, 0.1) is 0 Å². The lowest BCUT2D eigenvalue weighted by Crippen LogP contribution is -2.17. The van der Waals surface area contributed by atoms with Crippen LogP contribution in [0.2, 0.25) is 0 Å². The first-order valence-corrected chi connectivity index (χ1v) is 11.0. The number of hydrogen-bond acceptors (Lipinski definition) is 6. The van der Waals surface area contributed by atoms with Gasteiger partial charge in [0, 0.05) is 12.4 Å². The predicted molar refractivity (Wildman–Crippen MR) is 93.1 cm³/mol. The van der Waals surface area contributed by atoms with Crippen LogP contribution in [0.3, 0.4) is 0 Å². The van der Waals surface area contributed by atoms with Crippen LogP contribution in [0.15, 0.2) is 52.6 Å². The molecule has 8 heteroatoms. The summed E-state index contributed by atoms with van der Waals surface area (Å²) in [6.07, 6.45) is 2.75. The van der Waals surface area contributed by atoms with Gasteiger partial charge in [-0.05, 0) is 24.3 Å². The standard InChI is InChI=1S/C12H10N2O4S2.2C2H6/c15-19(16)8-10(12-9(19)4-3-7-14-12)20(17,18)11-5-1-2-6-13-11;2*1-2/h1-7,10H,8H2;2*1-2H3. The Morgan fingerprint density at radius 2 is 1.58 bits per heavy atom. The molecule has 1 aliphatic rings. The second-order valence-electron chi connectivity index (χ2n) is 4.37. The molecule has 1 atom stereocenters. The van der Waals surface area contributed by atoms with E-state index in [0.717, 1.165) is 0 Å². The molecule has 0 saturated heterocycles. The average Bonchev–Trinajstić information content (AvgIpc) is 2.92. The first-order valence-electron chi connectivity index (χ1n) is 7.75. The molecule has 3 heterocycles. The molecule has 3 rings (SSSR count). The molecule has 2 aromatic rings. The fraction of sp³-hybridized carbons (Fsp3) is 0.375. The normalized spacial score (nSPS) is 17.6. The van der Waals surface area contributed by atoms with Crippen molar-refractivity contribution in [1.29, 1.82) is 0 Å². The lowest BCUT2D eigenvalue weighted by molar-refractivity contribution is 0.578. The molecule has 1 aliphatic heterocycles. The van der Waals surface area contributed by atoms with Crippen LogP contribution in [0.4, 0.5) is 0 Å². The molecule has 0 radical (unpaired) electrons. The van der Waals surface area contributed by atoms with Gasteiger partial charge in [-0.15, -0.1) is 0 Å². The molecule has 0 N–H and O–H groups in total. The number of hydrogen-bond donors (Lipinski definition) is 0. The second-order valence-corrected chi connectivity index (χ2v) is 8.45. The minimum absolute atomic E-state index is 0.00972. The molecule has 0 amide bonds. The SMILES string of the molecule is CC.CC.O=S1(=O)CC(S(=O)(=O)c2ccccn2)c2ncccc21. The summed E-state index contributed by atoms with van der Waals surface area (Å²) in [6.45, 7) is 8.00. The number of pyridine rings is 2. The summed E-state index contributed by atoms with van der Waals surface area (Å²) in [6, 6.07) is 7.35. The molecule has 2 aromatic heterocycles. The van der Waals surface area contributed by atoms with Gasteiger partial charge in [0.05, 0.1) is 16.3 Å². The summed E-state index contributed by atoms with van der Waals surface area (Å²) in [5.74, 6) is -0.488. The van der Waals surface area contributed by atoms with Crippen molar-refractivity contribution in [3.05, 3.63) is 48.4 Å². The van der Waals surface area contributed by atoms with Gasteiger partial charge in [0.1, 0.15) is 5.25 Å². The highest BCUT2D eigenvalue weighted by molar-refractivity contribution is 7.96. The molecule has 0 spiro atoms. The fourth-order valence-corrected chi connectivity index (χ4v) is 6.29. The van der Waals surface area contributed by atoms with E-state index >= 15 is 0 Å². The van der Waals surface area contributed by atoms with E-state index in [9.17, 15) is 16.8 Å². The van der Waals surface area contributed by atoms with Crippen molar-refractivity contribution in [3.63, 3.8) is 0 Å². The molecule has 0 bridgehead atoms. The van der Waals surface area contributed by atoms with Gasteiger partial charge in [-0.1, -0.05) is 33.8 Å². The quantitative estimate of drug-likeness (QED) is 0.807. The van der Waals surface area contributed by atoms with Crippen LogP contribution in [-0.2, 0) is 19.7 Å². The van der Waals surface area contributed by atoms with Gasteiger partial charge in [0.25, 0.3) is 0 Å². The van der Waals surface area contributed by atoms with Crippen molar-refractivity contribution in [2.45, 2.75) is 42.9 Å². The Labute approximate surface area is 143 Å². The van der Waals surface area contributed by atoms with E-state index in [0.29, 0.717) is 0 Å². The van der Waals surface area contributed by atoms with Crippen LogP contribution in [0.25, 0.3) is 0 Å². The van der Waals surface area contributed by atoms with Crippen LogP contribution >= 0.6 is 0 Å². The van der Waals surface area contributed by atoms with Crippen LogP contribution in [-0.4, -0.2) is 32.6 Å². The summed E-state index contributed by atoms with van der Waals surface area (Å²) < 4.78 is 49.1. The maximum Gasteiger partial charge on any atom is 0.205 e. The van der Waals surface area contributed by atoms with Crippen molar-refractivity contribution < 1.29 is 16.8 Å². The largest absolute Gasteiger partial charge is 0.259 e. The van der Waals surface area contributed by atoms with Gasteiger partial charge < -0.3 is 0 Å². The molecular weight excluding hydrogens is 348 g/mol. The van der Waals surface area contributed by atoms with Crippen LogP contribution in [0.1, 0.15) is 38.6 Å². The maximum atomic E-state index is 12.5. The van der Waals surface area contributed by atoms with Crippen molar-refractivity contribution in [3.8, 4) is 0 Å². The van der Waals surface area contributed by atoms with Crippen molar-refractivity contribution in [2.75, 3.05) is 5.75 Å². The van der Waals surface area contributed by atoms with E-state index in [2.05, 4.69) is 9.97 Å². The van der Waals surface area contributed by atoms with Crippen molar-refractivity contribution in [1.82, 2.24) is 9.97 Å². The molecule has 0 saturated carbocycles. The monoisotopic (exact) mass is 370 g/mol. The van der Waals surface area contributed by atoms with Gasteiger partial charge >= 0.3 is 0 Å². The van der Waals surface area contributed by atoms with E-state index in [1.165, 1.54) is 30.6 Å². The molecular formula is C16H22N2O4S2. The summed E-state index contributed by atoms with van der Waals surface area (Å²) in [5, 5.41) is -1.34. The minimum Gasteiger partial charge on any atom is -0.259 e.